The van der Waals surface area contributed by atoms with Crippen molar-refractivity contribution < 1.29 is 9.53 Å². The van der Waals surface area contributed by atoms with Gasteiger partial charge >= 0.3 is 5.97 Å². The molecule has 2 nitrogen and oxygen atoms in total. The highest BCUT2D eigenvalue weighted by molar-refractivity contribution is 5.82. The van der Waals surface area contributed by atoms with Gasteiger partial charge in [0.15, 0.2) is 0 Å². The molecule has 0 amide bonds. The minimum atomic E-state index is -0.255. The lowest BCUT2D eigenvalue weighted by Gasteiger charge is -2.40. The van der Waals surface area contributed by atoms with Crippen molar-refractivity contribution in [1.29, 1.82) is 0 Å². The topological polar surface area (TPSA) is 26.3 Å². The molecule has 1 saturated carbocycles. The van der Waals surface area contributed by atoms with Crippen LogP contribution < -0.4 is 0 Å². The van der Waals surface area contributed by atoms with Crippen molar-refractivity contribution in [3.8, 4) is 0 Å². The number of ether oxygens (including phenoxy) is 1. The molecule has 0 aromatic rings. The summed E-state index contributed by atoms with van der Waals surface area (Å²) in [6, 6.07) is 0. The van der Waals surface area contributed by atoms with Crippen LogP contribution >= 0.6 is 0 Å². The van der Waals surface area contributed by atoms with Gasteiger partial charge in [-0.3, -0.25) is 0 Å². The summed E-state index contributed by atoms with van der Waals surface area (Å²) in [4.78, 5) is 11.1. The number of methoxy groups -OCH3 is 1. The van der Waals surface area contributed by atoms with Crippen molar-refractivity contribution >= 4 is 5.97 Å². The zero-order valence-corrected chi connectivity index (χ0v) is 12.2. The van der Waals surface area contributed by atoms with Gasteiger partial charge in [-0.25, -0.2) is 4.79 Å². The molecular formula is C16H26O2. The predicted molar refractivity (Wildman–Crippen MR) is 75.3 cm³/mol. The van der Waals surface area contributed by atoms with E-state index in [1.807, 2.05) is 6.92 Å². The van der Waals surface area contributed by atoms with Crippen LogP contribution in [-0.2, 0) is 9.53 Å². The van der Waals surface area contributed by atoms with E-state index in [2.05, 4.69) is 25.2 Å². The lowest BCUT2D eigenvalue weighted by Crippen LogP contribution is -2.29. The molecule has 0 aliphatic heterocycles. The third kappa shape index (κ3) is 4.01. The Labute approximate surface area is 111 Å². The monoisotopic (exact) mass is 250 g/mol. The van der Waals surface area contributed by atoms with Crippen molar-refractivity contribution in [3.63, 3.8) is 0 Å². The number of carbonyl (C=O) groups is 1. The molecule has 102 valence electrons. The molecule has 1 aliphatic rings. The lowest BCUT2D eigenvalue weighted by molar-refractivity contribution is -0.134. The Kier molecular flexibility index (Phi) is 5.18. The minimum absolute atomic E-state index is 0.255. The van der Waals surface area contributed by atoms with Gasteiger partial charge in [0.05, 0.1) is 7.11 Å². The van der Waals surface area contributed by atoms with Gasteiger partial charge in [-0.15, -0.1) is 0 Å². The van der Waals surface area contributed by atoms with E-state index in [0.717, 1.165) is 24.8 Å². The Hall–Kier alpha value is -1.05. The van der Waals surface area contributed by atoms with E-state index in [-0.39, 0.29) is 5.97 Å². The second kappa shape index (κ2) is 6.21. The third-order valence-electron chi connectivity index (χ3n) is 4.15. The van der Waals surface area contributed by atoms with Gasteiger partial charge in [0.1, 0.15) is 0 Å². The SMILES string of the molecule is C=C1CCCC(C)(C)[C@@H]1CC/C(C)=C/C(=O)OC. The van der Waals surface area contributed by atoms with Crippen LogP contribution in [0.4, 0.5) is 0 Å². The summed E-state index contributed by atoms with van der Waals surface area (Å²) in [5.41, 5.74) is 2.83. The number of allylic oxidation sites excluding steroid dienone is 2. The number of rotatable bonds is 4. The average Bonchev–Trinajstić information content (AvgIpc) is 2.27. The maximum Gasteiger partial charge on any atom is 0.330 e. The molecular weight excluding hydrogens is 224 g/mol. The second-order valence-electron chi connectivity index (χ2n) is 6.11. The highest BCUT2D eigenvalue weighted by Crippen LogP contribution is 2.45. The van der Waals surface area contributed by atoms with E-state index in [4.69, 9.17) is 0 Å². The van der Waals surface area contributed by atoms with Crippen LogP contribution in [0.1, 0.15) is 52.9 Å². The molecule has 0 aromatic heterocycles. The highest BCUT2D eigenvalue weighted by Gasteiger charge is 2.33. The van der Waals surface area contributed by atoms with Gasteiger partial charge in [0.25, 0.3) is 0 Å². The fourth-order valence-electron chi connectivity index (χ4n) is 2.97. The van der Waals surface area contributed by atoms with E-state index in [1.54, 1.807) is 6.08 Å². The van der Waals surface area contributed by atoms with Crippen molar-refractivity contribution in [2.24, 2.45) is 11.3 Å². The Morgan fingerprint density at radius 2 is 2.22 bits per heavy atom. The van der Waals surface area contributed by atoms with Crippen LogP contribution in [0.3, 0.4) is 0 Å². The Morgan fingerprint density at radius 3 is 2.78 bits per heavy atom. The molecule has 0 bridgehead atoms. The van der Waals surface area contributed by atoms with E-state index < -0.39 is 0 Å². The molecule has 1 rings (SSSR count). The largest absolute Gasteiger partial charge is 0.466 e. The van der Waals surface area contributed by atoms with Crippen molar-refractivity contribution in [1.82, 2.24) is 0 Å². The average molecular weight is 250 g/mol. The summed E-state index contributed by atoms with van der Waals surface area (Å²) >= 11 is 0. The Morgan fingerprint density at radius 1 is 1.56 bits per heavy atom. The first-order chi connectivity index (χ1) is 8.36. The summed E-state index contributed by atoms with van der Waals surface area (Å²) < 4.78 is 4.64. The van der Waals surface area contributed by atoms with Crippen LogP contribution in [0, 0.1) is 11.3 Å². The Bertz CT molecular complexity index is 350. The van der Waals surface area contributed by atoms with Gasteiger partial charge in [0.2, 0.25) is 0 Å². The van der Waals surface area contributed by atoms with Gasteiger partial charge in [0, 0.05) is 6.08 Å². The quantitative estimate of drug-likeness (QED) is 0.423. The number of esters is 1. The summed E-state index contributed by atoms with van der Waals surface area (Å²) in [7, 11) is 1.41. The van der Waals surface area contributed by atoms with Crippen molar-refractivity contribution in [2.45, 2.75) is 52.9 Å². The smallest absolute Gasteiger partial charge is 0.330 e. The number of carbonyl (C=O) groups excluding carboxylic acids is 1. The second-order valence-corrected chi connectivity index (χ2v) is 6.11. The molecule has 0 unspecified atom stereocenters. The summed E-state index contributed by atoms with van der Waals surface area (Å²) in [6.07, 6.45) is 7.33. The summed E-state index contributed by atoms with van der Waals surface area (Å²) in [5.74, 6) is 0.321. The molecule has 18 heavy (non-hydrogen) atoms. The predicted octanol–water partition coefficient (Wildman–Crippen LogP) is 4.27. The standard InChI is InChI=1S/C16H26O2/c1-12(11-15(17)18-5)8-9-14-13(2)7-6-10-16(14,3)4/h11,14H,2,6-10H2,1,3-5H3/b12-11+/t14-/m1/s1. The fraction of sp³-hybridized carbons (Fsp3) is 0.688. The van der Waals surface area contributed by atoms with Gasteiger partial charge in [-0.1, -0.05) is 31.6 Å². The molecule has 0 aromatic carbocycles. The molecule has 0 spiro atoms. The lowest BCUT2D eigenvalue weighted by atomic mass is 9.65. The van der Waals surface area contributed by atoms with Gasteiger partial charge in [-0.2, -0.15) is 0 Å². The molecule has 0 radical (unpaired) electrons. The molecule has 1 atom stereocenters. The van der Waals surface area contributed by atoms with Crippen LogP contribution in [-0.4, -0.2) is 13.1 Å². The molecule has 1 fully saturated rings. The first kappa shape index (κ1) is 15.0. The van der Waals surface area contributed by atoms with Crippen molar-refractivity contribution in [2.75, 3.05) is 7.11 Å². The maximum absolute atomic E-state index is 11.1. The molecule has 0 heterocycles. The van der Waals surface area contributed by atoms with Crippen molar-refractivity contribution in [3.05, 3.63) is 23.8 Å². The minimum Gasteiger partial charge on any atom is -0.466 e. The number of hydrogen-bond acceptors (Lipinski definition) is 2. The first-order valence-electron chi connectivity index (χ1n) is 6.79. The maximum atomic E-state index is 11.1. The molecule has 0 saturated heterocycles. The Balaban J connectivity index is 2.58. The summed E-state index contributed by atoms with van der Waals surface area (Å²) in [6.45, 7) is 10.9. The van der Waals surface area contributed by atoms with Gasteiger partial charge < -0.3 is 4.74 Å². The zero-order chi connectivity index (χ0) is 13.8. The van der Waals surface area contributed by atoms with E-state index in [1.165, 1.54) is 25.5 Å². The normalized spacial score (nSPS) is 23.9. The highest BCUT2D eigenvalue weighted by atomic mass is 16.5. The van der Waals surface area contributed by atoms with Crippen LogP contribution in [0.5, 0.6) is 0 Å². The van der Waals surface area contributed by atoms with Crippen LogP contribution in [0.2, 0.25) is 0 Å². The van der Waals surface area contributed by atoms with Gasteiger partial charge in [-0.05, 0) is 50.4 Å². The summed E-state index contributed by atoms with van der Waals surface area (Å²) in [5, 5.41) is 0. The van der Waals surface area contributed by atoms with Crippen LogP contribution in [0.25, 0.3) is 0 Å². The first-order valence-corrected chi connectivity index (χ1v) is 6.79. The van der Waals surface area contributed by atoms with E-state index in [0.29, 0.717) is 11.3 Å². The van der Waals surface area contributed by atoms with E-state index >= 15 is 0 Å². The van der Waals surface area contributed by atoms with E-state index in [9.17, 15) is 4.79 Å². The zero-order valence-electron chi connectivity index (χ0n) is 12.2. The third-order valence-corrected chi connectivity index (χ3v) is 4.15. The molecule has 0 N–H and O–H groups in total. The molecule has 2 heteroatoms. The van der Waals surface area contributed by atoms with Crippen LogP contribution in [0.15, 0.2) is 23.8 Å². The molecule has 1 aliphatic carbocycles. The number of hydrogen-bond donors (Lipinski definition) is 0. The fourth-order valence-corrected chi connectivity index (χ4v) is 2.97.